The molecular formula is C17H25ClN2O2. The van der Waals surface area contributed by atoms with Gasteiger partial charge in [0.15, 0.2) is 0 Å². The topological polar surface area (TPSA) is 32.8 Å². The first-order chi connectivity index (χ1) is 10.5. The number of amides is 1. The number of carbonyl (C=O) groups excluding carboxylic acids is 1. The number of nitrogens with zero attached hydrogens (tertiary/aromatic N) is 2. The Bertz CT molecular complexity index is 493. The molecule has 0 saturated carbocycles. The smallest absolute Gasteiger partial charge is 0.223 e. The summed E-state index contributed by atoms with van der Waals surface area (Å²) in [7, 11) is 4.10. The molecule has 1 aliphatic heterocycles. The summed E-state index contributed by atoms with van der Waals surface area (Å²) in [5.74, 6) is 0.207. The SMILES string of the molecule is CN(C)CCC1CN(C(=O)CCc2cccc(Cl)c2)CCO1. The highest BCUT2D eigenvalue weighted by molar-refractivity contribution is 6.30. The molecule has 1 fully saturated rings. The van der Waals surface area contributed by atoms with Gasteiger partial charge in [0.05, 0.1) is 12.7 Å². The van der Waals surface area contributed by atoms with Crippen molar-refractivity contribution in [2.24, 2.45) is 0 Å². The molecule has 0 aromatic heterocycles. The maximum Gasteiger partial charge on any atom is 0.223 e. The standard InChI is InChI=1S/C17H25ClN2O2/c1-19(2)9-8-16-13-20(10-11-22-16)17(21)7-6-14-4-3-5-15(18)12-14/h3-5,12,16H,6-11,13H2,1-2H3. The van der Waals surface area contributed by atoms with Crippen molar-refractivity contribution in [2.45, 2.75) is 25.4 Å². The molecule has 0 bridgehead atoms. The summed E-state index contributed by atoms with van der Waals surface area (Å²) in [4.78, 5) is 16.4. The van der Waals surface area contributed by atoms with E-state index in [1.54, 1.807) is 0 Å². The molecule has 22 heavy (non-hydrogen) atoms. The van der Waals surface area contributed by atoms with Crippen molar-refractivity contribution in [1.82, 2.24) is 9.80 Å². The Kier molecular flexibility index (Phi) is 6.68. The molecule has 1 aromatic carbocycles. The van der Waals surface area contributed by atoms with Crippen LogP contribution in [0.25, 0.3) is 0 Å². The number of ether oxygens (including phenoxy) is 1. The highest BCUT2D eigenvalue weighted by Gasteiger charge is 2.23. The third-order valence-corrected chi connectivity index (χ3v) is 4.14. The van der Waals surface area contributed by atoms with E-state index in [0.717, 1.165) is 30.0 Å². The summed E-state index contributed by atoms with van der Waals surface area (Å²) in [5.41, 5.74) is 1.11. The third kappa shape index (κ3) is 5.59. The molecule has 1 aromatic rings. The lowest BCUT2D eigenvalue weighted by molar-refractivity contribution is -0.139. The third-order valence-electron chi connectivity index (χ3n) is 3.91. The molecule has 0 aliphatic carbocycles. The van der Waals surface area contributed by atoms with Gasteiger partial charge in [-0.1, -0.05) is 23.7 Å². The molecule has 0 N–H and O–H groups in total. The molecule has 1 aliphatic rings. The van der Waals surface area contributed by atoms with Gasteiger partial charge in [-0.25, -0.2) is 0 Å². The Morgan fingerprint density at radius 1 is 1.45 bits per heavy atom. The van der Waals surface area contributed by atoms with Gasteiger partial charge in [-0.05, 0) is 44.6 Å². The second-order valence-electron chi connectivity index (χ2n) is 6.05. The van der Waals surface area contributed by atoms with Gasteiger partial charge in [0, 0.05) is 31.1 Å². The van der Waals surface area contributed by atoms with Crippen LogP contribution in [-0.2, 0) is 16.0 Å². The van der Waals surface area contributed by atoms with Gasteiger partial charge >= 0.3 is 0 Å². The molecule has 1 heterocycles. The van der Waals surface area contributed by atoms with Gasteiger partial charge in [0.25, 0.3) is 0 Å². The van der Waals surface area contributed by atoms with E-state index in [2.05, 4.69) is 19.0 Å². The number of halogens is 1. The van der Waals surface area contributed by atoms with Gasteiger partial charge in [-0.3, -0.25) is 4.79 Å². The molecule has 0 radical (unpaired) electrons. The van der Waals surface area contributed by atoms with Crippen LogP contribution in [0, 0.1) is 0 Å². The second-order valence-corrected chi connectivity index (χ2v) is 6.49. The minimum Gasteiger partial charge on any atom is -0.374 e. The van der Waals surface area contributed by atoms with Gasteiger partial charge < -0.3 is 14.5 Å². The maximum absolute atomic E-state index is 12.4. The first-order valence-electron chi connectivity index (χ1n) is 7.83. The molecule has 5 heteroatoms. The first kappa shape index (κ1) is 17.3. The van der Waals surface area contributed by atoms with Crippen molar-refractivity contribution in [3.63, 3.8) is 0 Å². The number of benzene rings is 1. The fraction of sp³-hybridized carbons (Fsp3) is 0.588. The average molecular weight is 325 g/mol. The maximum atomic E-state index is 12.4. The Morgan fingerprint density at radius 2 is 2.27 bits per heavy atom. The predicted molar refractivity (Wildman–Crippen MR) is 89.3 cm³/mol. The molecule has 1 amide bonds. The number of hydrogen-bond donors (Lipinski definition) is 0. The van der Waals surface area contributed by atoms with Crippen molar-refractivity contribution in [2.75, 3.05) is 40.3 Å². The van der Waals surface area contributed by atoms with Crippen LogP contribution >= 0.6 is 11.6 Å². The fourth-order valence-corrected chi connectivity index (χ4v) is 2.84. The van der Waals surface area contributed by atoms with E-state index in [-0.39, 0.29) is 12.0 Å². The van der Waals surface area contributed by atoms with Gasteiger partial charge in [0.1, 0.15) is 0 Å². The van der Waals surface area contributed by atoms with Gasteiger partial charge in [0.2, 0.25) is 5.91 Å². The number of hydrogen-bond acceptors (Lipinski definition) is 3. The van der Waals surface area contributed by atoms with E-state index >= 15 is 0 Å². The lowest BCUT2D eigenvalue weighted by Crippen LogP contribution is -2.46. The molecular weight excluding hydrogens is 300 g/mol. The van der Waals surface area contributed by atoms with E-state index in [9.17, 15) is 4.79 Å². The molecule has 122 valence electrons. The van der Waals surface area contributed by atoms with E-state index in [1.165, 1.54) is 0 Å². The predicted octanol–water partition coefficient (Wildman–Crippen LogP) is 2.45. The van der Waals surface area contributed by atoms with Crippen LogP contribution in [-0.4, -0.2) is 62.1 Å². The van der Waals surface area contributed by atoms with Crippen LogP contribution in [0.4, 0.5) is 0 Å². The molecule has 1 unspecified atom stereocenters. The van der Waals surface area contributed by atoms with E-state index in [0.29, 0.717) is 26.1 Å². The fourth-order valence-electron chi connectivity index (χ4n) is 2.62. The summed E-state index contributed by atoms with van der Waals surface area (Å²) < 4.78 is 5.75. The van der Waals surface area contributed by atoms with E-state index in [1.807, 2.05) is 29.2 Å². The highest BCUT2D eigenvalue weighted by Crippen LogP contribution is 2.14. The summed E-state index contributed by atoms with van der Waals surface area (Å²) in [6.45, 7) is 3.03. The van der Waals surface area contributed by atoms with Crippen LogP contribution in [0.3, 0.4) is 0 Å². The van der Waals surface area contributed by atoms with Gasteiger partial charge in [-0.15, -0.1) is 0 Å². The zero-order valence-electron chi connectivity index (χ0n) is 13.4. The van der Waals surface area contributed by atoms with Crippen molar-refractivity contribution in [1.29, 1.82) is 0 Å². The van der Waals surface area contributed by atoms with Crippen LogP contribution in [0.2, 0.25) is 5.02 Å². The number of morpholine rings is 1. The average Bonchev–Trinajstić information content (AvgIpc) is 2.51. The number of aryl methyl sites for hydroxylation is 1. The summed E-state index contributed by atoms with van der Waals surface area (Å²) in [6.07, 6.45) is 2.39. The monoisotopic (exact) mass is 324 g/mol. The van der Waals surface area contributed by atoms with Crippen molar-refractivity contribution < 1.29 is 9.53 Å². The zero-order valence-corrected chi connectivity index (χ0v) is 14.2. The quantitative estimate of drug-likeness (QED) is 0.806. The van der Waals surface area contributed by atoms with Gasteiger partial charge in [-0.2, -0.15) is 0 Å². The van der Waals surface area contributed by atoms with Crippen molar-refractivity contribution >= 4 is 17.5 Å². The summed E-state index contributed by atoms with van der Waals surface area (Å²) >= 11 is 5.97. The minimum atomic E-state index is 0.159. The Hall–Kier alpha value is -1.10. The van der Waals surface area contributed by atoms with E-state index in [4.69, 9.17) is 16.3 Å². The summed E-state index contributed by atoms with van der Waals surface area (Å²) in [5, 5.41) is 0.722. The van der Waals surface area contributed by atoms with Crippen molar-refractivity contribution in [3.05, 3.63) is 34.9 Å². The lowest BCUT2D eigenvalue weighted by Gasteiger charge is -2.33. The van der Waals surface area contributed by atoms with Crippen LogP contribution in [0.15, 0.2) is 24.3 Å². The Morgan fingerprint density at radius 3 is 3.00 bits per heavy atom. The second kappa shape index (κ2) is 8.51. The Balaban J connectivity index is 1.79. The first-order valence-corrected chi connectivity index (χ1v) is 8.21. The van der Waals surface area contributed by atoms with Crippen molar-refractivity contribution in [3.8, 4) is 0 Å². The zero-order chi connectivity index (χ0) is 15.9. The van der Waals surface area contributed by atoms with Crippen LogP contribution in [0.1, 0.15) is 18.4 Å². The normalized spacial score (nSPS) is 18.7. The van der Waals surface area contributed by atoms with Crippen LogP contribution in [0.5, 0.6) is 0 Å². The Labute approximate surface area is 138 Å². The number of carbonyl (C=O) groups is 1. The highest BCUT2D eigenvalue weighted by atomic mass is 35.5. The summed E-state index contributed by atoms with van der Waals surface area (Å²) in [6, 6.07) is 7.71. The molecule has 4 nitrogen and oxygen atoms in total. The van der Waals surface area contributed by atoms with Crippen LogP contribution < -0.4 is 0 Å². The number of rotatable bonds is 6. The van der Waals surface area contributed by atoms with E-state index < -0.39 is 0 Å². The molecule has 1 saturated heterocycles. The minimum absolute atomic E-state index is 0.159. The molecule has 1 atom stereocenters. The lowest BCUT2D eigenvalue weighted by atomic mass is 10.1. The largest absolute Gasteiger partial charge is 0.374 e. The molecule has 0 spiro atoms. The molecule has 2 rings (SSSR count).